The van der Waals surface area contributed by atoms with Gasteiger partial charge in [-0.1, -0.05) is 33.2 Å². The van der Waals surface area contributed by atoms with E-state index in [9.17, 15) is 19.5 Å². The van der Waals surface area contributed by atoms with Crippen molar-refractivity contribution in [2.75, 3.05) is 5.32 Å². The molecule has 4 N–H and O–H groups in total. The maximum atomic E-state index is 12.3. The Morgan fingerprint density at radius 3 is 2.41 bits per heavy atom. The van der Waals surface area contributed by atoms with E-state index in [4.69, 9.17) is 10.3 Å². The molecule has 3 aromatic rings. The number of benzene rings is 2. The van der Waals surface area contributed by atoms with Crippen molar-refractivity contribution in [2.45, 2.75) is 0 Å². The molecule has 8 nitrogen and oxygen atoms in total. The third-order valence-corrected chi connectivity index (χ3v) is 4.19. The first kappa shape index (κ1) is 18.3. The van der Waals surface area contributed by atoms with Crippen LogP contribution in [0.15, 0.2) is 57.5 Å². The van der Waals surface area contributed by atoms with Gasteiger partial charge in [0.25, 0.3) is 5.91 Å². The summed E-state index contributed by atoms with van der Waals surface area (Å²) in [5.74, 6) is -2.88. The van der Waals surface area contributed by atoms with Crippen LogP contribution in [0.2, 0.25) is 0 Å². The van der Waals surface area contributed by atoms with Gasteiger partial charge in [-0.3, -0.25) is 14.9 Å². The first-order chi connectivity index (χ1) is 12.9. The highest BCUT2D eigenvalue weighted by atomic mass is 79.9. The van der Waals surface area contributed by atoms with Crippen LogP contribution in [0.3, 0.4) is 0 Å². The Morgan fingerprint density at radius 2 is 1.78 bits per heavy atom. The van der Waals surface area contributed by atoms with Gasteiger partial charge in [-0.25, -0.2) is 4.79 Å². The number of anilines is 1. The molecule has 0 fully saturated rings. The fourth-order valence-electron chi connectivity index (χ4n) is 2.37. The van der Waals surface area contributed by atoms with E-state index >= 15 is 0 Å². The van der Waals surface area contributed by atoms with E-state index in [2.05, 4.69) is 26.4 Å². The summed E-state index contributed by atoms with van der Waals surface area (Å²) in [5.41, 5.74) is 5.70. The quantitative estimate of drug-likeness (QED) is 0.569. The molecule has 0 aliphatic carbocycles. The molecule has 0 unspecified atom stereocenters. The molecule has 0 aliphatic rings. The van der Waals surface area contributed by atoms with Gasteiger partial charge in [-0.05, 0) is 36.4 Å². The number of nitrogens with one attached hydrogen (secondary N) is 1. The SMILES string of the molecule is NC(=O)c1cccc(-c2noc(NC(=O)c3ccc(Br)cc3)c2C(=O)O)c1. The van der Waals surface area contributed by atoms with Gasteiger partial charge < -0.3 is 15.4 Å². The van der Waals surface area contributed by atoms with Crippen molar-refractivity contribution < 1.29 is 24.0 Å². The highest BCUT2D eigenvalue weighted by Gasteiger charge is 2.25. The average molecular weight is 430 g/mol. The summed E-state index contributed by atoms with van der Waals surface area (Å²) < 4.78 is 5.83. The summed E-state index contributed by atoms with van der Waals surface area (Å²) in [7, 11) is 0. The van der Waals surface area contributed by atoms with Crippen molar-refractivity contribution in [3.8, 4) is 11.3 Å². The van der Waals surface area contributed by atoms with Gasteiger partial charge in [0.15, 0.2) is 5.56 Å². The Bertz CT molecular complexity index is 1040. The minimum Gasteiger partial charge on any atom is -0.477 e. The molecule has 2 amide bonds. The summed E-state index contributed by atoms with van der Waals surface area (Å²) in [5, 5.41) is 15.7. The Labute approximate surface area is 161 Å². The van der Waals surface area contributed by atoms with Crippen LogP contribution in [0, 0.1) is 0 Å². The number of carboxylic acid groups (broad SMARTS) is 1. The van der Waals surface area contributed by atoms with Crippen molar-refractivity contribution in [3.05, 3.63) is 69.7 Å². The number of hydrogen-bond acceptors (Lipinski definition) is 5. The van der Waals surface area contributed by atoms with Crippen LogP contribution in [-0.2, 0) is 0 Å². The zero-order valence-electron chi connectivity index (χ0n) is 13.6. The summed E-state index contributed by atoms with van der Waals surface area (Å²) in [6.07, 6.45) is 0. The van der Waals surface area contributed by atoms with E-state index in [1.165, 1.54) is 18.2 Å². The van der Waals surface area contributed by atoms with Crippen molar-refractivity contribution in [1.82, 2.24) is 5.16 Å². The Hall–Kier alpha value is -3.46. The van der Waals surface area contributed by atoms with Crippen LogP contribution in [0.4, 0.5) is 5.88 Å². The molecule has 27 heavy (non-hydrogen) atoms. The second-order valence-electron chi connectivity index (χ2n) is 5.45. The number of carboxylic acids is 1. The number of primary amides is 1. The minimum atomic E-state index is -1.35. The number of nitrogens with two attached hydrogens (primary N) is 1. The molecule has 136 valence electrons. The van der Waals surface area contributed by atoms with E-state index in [1.54, 1.807) is 30.3 Å². The standard InChI is InChI=1S/C18H12BrN3O5/c19-12-6-4-9(5-7-12)16(24)21-17-13(18(25)26)14(22-27-17)10-2-1-3-11(8-10)15(20)23/h1-8H,(H2,20,23)(H,21,24)(H,25,26). The van der Waals surface area contributed by atoms with Gasteiger partial charge in [0.05, 0.1) is 0 Å². The van der Waals surface area contributed by atoms with Gasteiger partial charge in [0.2, 0.25) is 11.8 Å². The normalized spacial score (nSPS) is 10.4. The number of halogens is 1. The van der Waals surface area contributed by atoms with E-state index in [1.807, 2.05) is 0 Å². The van der Waals surface area contributed by atoms with E-state index in [0.29, 0.717) is 11.1 Å². The summed E-state index contributed by atoms with van der Waals surface area (Å²) >= 11 is 3.27. The molecule has 0 spiro atoms. The van der Waals surface area contributed by atoms with Crippen LogP contribution >= 0.6 is 15.9 Å². The summed E-state index contributed by atoms with van der Waals surface area (Å²) in [4.78, 5) is 35.4. The Kier molecular flexibility index (Phi) is 5.04. The topological polar surface area (TPSA) is 136 Å². The molecule has 2 aromatic carbocycles. The third-order valence-electron chi connectivity index (χ3n) is 3.66. The Balaban J connectivity index is 1.97. The number of nitrogens with zero attached hydrogens (tertiary/aromatic N) is 1. The van der Waals surface area contributed by atoms with Crippen molar-refractivity contribution in [3.63, 3.8) is 0 Å². The lowest BCUT2D eigenvalue weighted by Gasteiger charge is -2.04. The lowest BCUT2D eigenvalue weighted by Crippen LogP contribution is -2.14. The smallest absolute Gasteiger partial charge is 0.343 e. The van der Waals surface area contributed by atoms with Crippen LogP contribution in [0.5, 0.6) is 0 Å². The van der Waals surface area contributed by atoms with Crippen molar-refractivity contribution >= 4 is 39.6 Å². The summed E-state index contributed by atoms with van der Waals surface area (Å²) in [6, 6.07) is 12.5. The van der Waals surface area contributed by atoms with Gasteiger partial charge in [-0.15, -0.1) is 0 Å². The van der Waals surface area contributed by atoms with E-state index in [-0.39, 0.29) is 22.7 Å². The zero-order chi connectivity index (χ0) is 19.6. The first-order valence-electron chi connectivity index (χ1n) is 7.57. The molecule has 1 aromatic heterocycles. The van der Waals surface area contributed by atoms with Crippen molar-refractivity contribution in [2.24, 2.45) is 5.73 Å². The highest BCUT2D eigenvalue weighted by Crippen LogP contribution is 2.30. The number of carbonyl (C=O) groups is 3. The molecular formula is C18H12BrN3O5. The maximum absolute atomic E-state index is 12.3. The molecule has 0 saturated heterocycles. The lowest BCUT2D eigenvalue weighted by atomic mass is 10.0. The molecule has 0 radical (unpaired) electrons. The monoisotopic (exact) mass is 429 g/mol. The lowest BCUT2D eigenvalue weighted by molar-refractivity contribution is 0.0698. The van der Waals surface area contributed by atoms with Gasteiger partial charge in [-0.2, -0.15) is 0 Å². The van der Waals surface area contributed by atoms with E-state index in [0.717, 1.165) is 4.47 Å². The molecule has 1 heterocycles. The van der Waals surface area contributed by atoms with Crippen LogP contribution < -0.4 is 11.1 Å². The van der Waals surface area contributed by atoms with Gasteiger partial charge in [0.1, 0.15) is 5.69 Å². The largest absolute Gasteiger partial charge is 0.477 e. The number of rotatable bonds is 5. The second kappa shape index (κ2) is 7.42. The molecular weight excluding hydrogens is 418 g/mol. The third kappa shape index (κ3) is 3.87. The van der Waals surface area contributed by atoms with Gasteiger partial charge in [0, 0.05) is 21.2 Å². The fourth-order valence-corrected chi connectivity index (χ4v) is 2.63. The Morgan fingerprint density at radius 1 is 1.07 bits per heavy atom. The van der Waals surface area contributed by atoms with E-state index < -0.39 is 17.8 Å². The van der Waals surface area contributed by atoms with Crippen LogP contribution in [-0.4, -0.2) is 28.0 Å². The highest BCUT2D eigenvalue weighted by molar-refractivity contribution is 9.10. The predicted octanol–water partition coefficient (Wildman–Crippen LogP) is 3.15. The fraction of sp³-hybridized carbons (Fsp3) is 0. The van der Waals surface area contributed by atoms with Crippen LogP contribution in [0.1, 0.15) is 31.1 Å². The minimum absolute atomic E-state index is 0.0308. The van der Waals surface area contributed by atoms with Gasteiger partial charge >= 0.3 is 5.97 Å². The molecule has 0 saturated carbocycles. The molecule has 3 rings (SSSR count). The zero-order valence-corrected chi connectivity index (χ0v) is 15.2. The molecule has 0 bridgehead atoms. The number of aromatic nitrogens is 1. The number of carbonyl (C=O) groups excluding carboxylic acids is 2. The summed E-state index contributed by atoms with van der Waals surface area (Å²) in [6.45, 7) is 0. The number of hydrogen-bond donors (Lipinski definition) is 3. The van der Waals surface area contributed by atoms with Crippen molar-refractivity contribution in [1.29, 1.82) is 0 Å². The number of amides is 2. The maximum Gasteiger partial charge on any atom is 0.343 e. The molecule has 0 atom stereocenters. The molecule has 0 aliphatic heterocycles. The second-order valence-corrected chi connectivity index (χ2v) is 6.36. The van der Waals surface area contributed by atoms with Crippen LogP contribution in [0.25, 0.3) is 11.3 Å². The predicted molar refractivity (Wildman–Crippen MR) is 99.5 cm³/mol. The molecule has 9 heteroatoms. The number of aromatic carboxylic acids is 1. The first-order valence-corrected chi connectivity index (χ1v) is 8.36. The average Bonchev–Trinajstić information content (AvgIpc) is 3.06.